The van der Waals surface area contributed by atoms with Gasteiger partial charge in [0, 0.05) is 38.5 Å². The third-order valence-electron chi connectivity index (χ3n) is 4.90. The Balaban J connectivity index is 1.67. The van der Waals surface area contributed by atoms with Gasteiger partial charge < -0.3 is 4.90 Å². The number of carbonyl (C=O) groups is 1. The second kappa shape index (κ2) is 8.90. The maximum atomic E-state index is 12.8. The molecule has 1 fully saturated rings. The van der Waals surface area contributed by atoms with Crippen LogP contribution in [0, 0.1) is 0 Å². The van der Waals surface area contributed by atoms with Crippen LogP contribution in [-0.4, -0.2) is 54.9 Å². The summed E-state index contributed by atoms with van der Waals surface area (Å²) in [6, 6.07) is 20.1. The predicted molar refractivity (Wildman–Crippen MR) is 98.4 cm³/mol. The number of halogens is 2. The first-order chi connectivity index (χ1) is 12.6. The summed E-state index contributed by atoms with van der Waals surface area (Å²) in [5, 5.41) is 0. The van der Waals surface area contributed by atoms with Crippen molar-refractivity contribution in [2.75, 3.05) is 32.7 Å². The van der Waals surface area contributed by atoms with Crippen molar-refractivity contribution in [2.24, 2.45) is 0 Å². The van der Waals surface area contributed by atoms with Gasteiger partial charge in [-0.2, -0.15) is 0 Å². The van der Waals surface area contributed by atoms with E-state index < -0.39 is 6.43 Å². The average molecular weight is 358 g/mol. The van der Waals surface area contributed by atoms with Crippen LogP contribution in [-0.2, 0) is 4.79 Å². The molecule has 5 heteroatoms. The summed E-state index contributed by atoms with van der Waals surface area (Å²) < 4.78 is 25.0. The molecule has 0 unspecified atom stereocenters. The lowest BCUT2D eigenvalue weighted by molar-refractivity contribution is -0.133. The van der Waals surface area contributed by atoms with Crippen LogP contribution in [0.4, 0.5) is 8.78 Å². The van der Waals surface area contributed by atoms with E-state index in [0.29, 0.717) is 32.6 Å². The Labute approximate surface area is 153 Å². The van der Waals surface area contributed by atoms with Crippen molar-refractivity contribution in [1.29, 1.82) is 0 Å². The first kappa shape index (κ1) is 18.5. The molecule has 0 aromatic heterocycles. The summed E-state index contributed by atoms with van der Waals surface area (Å²) in [5.74, 6) is 0.0865. The van der Waals surface area contributed by atoms with Gasteiger partial charge in [-0.1, -0.05) is 60.7 Å². The van der Waals surface area contributed by atoms with Gasteiger partial charge >= 0.3 is 0 Å². The zero-order valence-corrected chi connectivity index (χ0v) is 14.7. The molecule has 0 atom stereocenters. The number of piperazine rings is 1. The normalized spacial score (nSPS) is 15.6. The van der Waals surface area contributed by atoms with Crippen molar-refractivity contribution in [3.63, 3.8) is 0 Å². The molecular weight excluding hydrogens is 334 g/mol. The van der Waals surface area contributed by atoms with E-state index in [1.54, 1.807) is 9.80 Å². The monoisotopic (exact) mass is 358 g/mol. The molecule has 1 aliphatic rings. The highest BCUT2D eigenvalue weighted by Gasteiger charge is 2.26. The molecule has 0 N–H and O–H groups in total. The molecule has 2 aromatic rings. The molecule has 26 heavy (non-hydrogen) atoms. The molecular formula is C21H24F2N2O. The summed E-state index contributed by atoms with van der Waals surface area (Å²) in [6.45, 7) is 1.84. The number of amides is 1. The summed E-state index contributed by atoms with van der Waals surface area (Å²) in [5.41, 5.74) is 2.23. The standard InChI is InChI=1S/C21H24F2N2O/c22-20(23)16-24-11-13-25(14-12-24)21(26)15-19(17-7-3-1-4-8-17)18-9-5-2-6-10-18/h1-10,19-20H,11-16H2. The molecule has 3 nitrogen and oxygen atoms in total. The van der Waals surface area contributed by atoms with Gasteiger partial charge in [0.2, 0.25) is 5.91 Å². The molecule has 138 valence electrons. The topological polar surface area (TPSA) is 23.6 Å². The number of benzene rings is 2. The average Bonchev–Trinajstić information content (AvgIpc) is 2.67. The number of hydrogen-bond donors (Lipinski definition) is 0. The second-order valence-corrected chi connectivity index (χ2v) is 6.65. The number of hydrogen-bond acceptors (Lipinski definition) is 2. The van der Waals surface area contributed by atoms with Crippen LogP contribution < -0.4 is 0 Å². The molecule has 1 amide bonds. The van der Waals surface area contributed by atoms with Crippen molar-refractivity contribution in [2.45, 2.75) is 18.8 Å². The fourth-order valence-corrected chi connectivity index (χ4v) is 3.48. The summed E-state index contributed by atoms with van der Waals surface area (Å²) in [4.78, 5) is 16.4. The molecule has 1 aliphatic heterocycles. The molecule has 0 bridgehead atoms. The van der Waals surface area contributed by atoms with Gasteiger partial charge in [0.05, 0.1) is 6.54 Å². The van der Waals surface area contributed by atoms with Crippen molar-refractivity contribution in [3.05, 3.63) is 71.8 Å². The zero-order valence-electron chi connectivity index (χ0n) is 14.7. The van der Waals surface area contributed by atoms with Gasteiger partial charge in [0.25, 0.3) is 6.43 Å². The van der Waals surface area contributed by atoms with Gasteiger partial charge in [0.1, 0.15) is 0 Å². The molecule has 1 saturated heterocycles. The van der Waals surface area contributed by atoms with Gasteiger partial charge in [-0.25, -0.2) is 8.78 Å². The minimum Gasteiger partial charge on any atom is -0.340 e. The lowest BCUT2D eigenvalue weighted by Crippen LogP contribution is -2.50. The Bertz CT molecular complexity index is 646. The SMILES string of the molecule is O=C(CC(c1ccccc1)c1ccccc1)N1CCN(CC(F)F)CC1. The number of carbonyl (C=O) groups excluding carboxylic acids is 1. The van der Waals surface area contributed by atoms with Gasteiger partial charge in [0.15, 0.2) is 0 Å². The Morgan fingerprint density at radius 3 is 1.81 bits per heavy atom. The van der Waals surface area contributed by atoms with E-state index in [4.69, 9.17) is 0 Å². The molecule has 3 rings (SSSR count). The molecule has 0 saturated carbocycles. The number of alkyl halides is 2. The summed E-state index contributed by atoms with van der Waals surface area (Å²) in [7, 11) is 0. The highest BCUT2D eigenvalue weighted by Crippen LogP contribution is 2.28. The van der Waals surface area contributed by atoms with E-state index in [0.717, 1.165) is 11.1 Å². The summed E-state index contributed by atoms with van der Waals surface area (Å²) >= 11 is 0. The molecule has 1 heterocycles. The lowest BCUT2D eigenvalue weighted by atomic mass is 9.88. The quantitative estimate of drug-likeness (QED) is 0.787. The van der Waals surface area contributed by atoms with E-state index in [9.17, 15) is 13.6 Å². The Morgan fingerprint density at radius 1 is 0.846 bits per heavy atom. The van der Waals surface area contributed by atoms with Crippen LogP contribution in [0.3, 0.4) is 0 Å². The van der Waals surface area contributed by atoms with Crippen LogP contribution in [0.5, 0.6) is 0 Å². The molecule has 2 aromatic carbocycles. The molecule has 0 radical (unpaired) electrons. The van der Waals surface area contributed by atoms with Gasteiger partial charge in [-0.3, -0.25) is 9.69 Å². The highest BCUT2D eigenvalue weighted by molar-refractivity contribution is 5.78. The largest absolute Gasteiger partial charge is 0.340 e. The van der Waals surface area contributed by atoms with E-state index >= 15 is 0 Å². The van der Waals surface area contributed by atoms with Crippen molar-refractivity contribution in [1.82, 2.24) is 9.80 Å². The van der Waals surface area contributed by atoms with Crippen LogP contribution in [0.2, 0.25) is 0 Å². The highest BCUT2D eigenvalue weighted by atomic mass is 19.3. The fraction of sp³-hybridized carbons (Fsp3) is 0.381. The zero-order chi connectivity index (χ0) is 18.4. The Morgan fingerprint density at radius 2 is 1.35 bits per heavy atom. The minimum atomic E-state index is -2.32. The van der Waals surface area contributed by atoms with E-state index in [1.807, 2.05) is 60.7 Å². The van der Waals surface area contributed by atoms with Crippen molar-refractivity contribution in [3.8, 4) is 0 Å². The van der Waals surface area contributed by atoms with Crippen LogP contribution in [0.25, 0.3) is 0 Å². The minimum absolute atomic E-state index is 0.00370. The smallest absolute Gasteiger partial charge is 0.251 e. The maximum absolute atomic E-state index is 12.8. The number of nitrogens with zero attached hydrogens (tertiary/aromatic N) is 2. The summed E-state index contributed by atoms with van der Waals surface area (Å²) in [6.07, 6.45) is -1.93. The Kier molecular flexibility index (Phi) is 6.34. The van der Waals surface area contributed by atoms with Gasteiger partial charge in [-0.05, 0) is 11.1 Å². The first-order valence-electron chi connectivity index (χ1n) is 9.01. The number of rotatable bonds is 6. The fourth-order valence-electron chi connectivity index (χ4n) is 3.48. The first-order valence-corrected chi connectivity index (χ1v) is 9.01. The Hall–Kier alpha value is -2.27. The lowest BCUT2D eigenvalue weighted by Gasteiger charge is -2.35. The van der Waals surface area contributed by atoms with Crippen LogP contribution >= 0.6 is 0 Å². The van der Waals surface area contributed by atoms with Crippen molar-refractivity contribution < 1.29 is 13.6 Å². The van der Waals surface area contributed by atoms with Crippen LogP contribution in [0.15, 0.2) is 60.7 Å². The van der Waals surface area contributed by atoms with E-state index in [1.165, 1.54) is 0 Å². The molecule has 0 spiro atoms. The second-order valence-electron chi connectivity index (χ2n) is 6.65. The third-order valence-corrected chi connectivity index (χ3v) is 4.90. The van der Waals surface area contributed by atoms with E-state index in [2.05, 4.69) is 0 Å². The third kappa shape index (κ3) is 4.88. The van der Waals surface area contributed by atoms with Gasteiger partial charge in [-0.15, -0.1) is 0 Å². The maximum Gasteiger partial charge on any atom is 0.251 e. The van der Waals surface area contributed by atoms with Crippen LogP contribution in [0.1, 0.15) is 23.5 Å². The predicted octanol–water partition coefficient (Wildman–Crippen LogP) is 3.62. The van der Waals surface area contributed by atoms with Crippen molar-refractivity contribution >= 4 is 5.91 Å². The van der Waals surface area contributed by atoms with E-state index in [-0.39, 0.29) is 18.4 Å². The molecule has 0 aliphatic carbocycles.